The Balaban J connectivity index is 1.19. The molecule has 8 heteroatoms. The van der Waals surface area contributed by atoms with Crippen LogP contribution in [0.3, 0.4) is 0 Å². The molecule has 1 saturated heterocycles. The largest absolute Gasteiger partial charge is 0.491 e. The van der Waals surface area contributed by atoms with Crippen molar-refractivity contribution < 1.29 is 19.1 Å². The van der Waals surface area contributed by atoms with Crippen LogP contribution in [0, 0.1) is 5.92 Å². The van der Waals surface area contributed by atoms with Gasteiger partial charge in [0.25, 0.3) is 0 Å². The Labute approximate surface area is 209 Å². The van der Waals surface area contributed by atoms with Crippen LogP contribution in [0.5, 0.6) is 5.75 Å². The van der Waals surface area contributed by atoms with Gasteiger partial charge in [0.2, 0.25) is 5.91 Å². The molecule has 2 aromatic carbocycles. The average Bonchev–Trinajstić information content (AvgIpc) is 3.19. The molecule has 0 radical (unpaired) electrons. The minimum Gasteiger partial charge on any atom is -0.491 e. The maximum Gasteiger partial charge on any atom is 0.308 e. The molecule has 0 unspecified atom stereocenters. The second kappa shape index (κ2) is 10.7. The monoisotopic (exact) mass is 493 g/mol. The van der Waals surface area contributed by atoms with E-state index in [-0.39, 0.29) is 17.8 Å². The lowest BCUT2D eigenvalue weighted by Crippen LogP contribution is -2.36. The molecule has 3 heterocycles. The first kappa shape index (κ1) is 23.8. The topological polar surface area (TPSA) is 72.0 Å². The van der Waals surface area contributed by atoms with Crippen LogP contribution in [-0.2, 0) is 33.8 Å². The fourth-order valence-corrected chi connectivity index (χ4v) is 5.88. The number of piperidine rings is 1. The van der Waals surface area contributed by atoms with Gasteiger partial charge in [0.1, 0.15) is 12.4 Å². The summed E-state index contributed by atoms with van der Waals surface area (Å²) in [6, 6.07) is 14.4. The molecule has 1 fully saturated rings. The third-order valence-corrected chi connectivity index (χ3v) is 7.97. The Kier molecular flexibility index (Phi) is 7.29. The zero-order valence-corrected chi connectivity index (χ0v) is 20.9. The normalized spacial score (nSPS) is 17.0. The van der Waals surface area contributed by atoms with Crippen LogP contribution in [0.1, 0.15) is 35.4 Å². The minimum atomic E-state index is -0.0975. The number of nitrogens with zero attached hydrogens (tertiary/aromatic N) is 3. The number of carbonyl (C=O) groups is 2. The van der Waals surface area contributed by atoms with Crippen LogP contribution in [0.4, 0.5) is 0 Å². The third kappa shape index (κ3) is 5.65. The summed E-state index contributed by atoms with van der Waals surface area (Å²) in [4.78, 5) is 33.8. The number of fused-ring (bicyclic) bond motifs is 2. The number of aryl methyl sites for hydroxylation is 1. The summed E-state index contributed by atoms with van der Waals surface area (Å²) in [6.07, 6.45) is 2.77. The Morgan fingerprint density at radius 2 is 1.97 bits per heavy atom. The van der Waals surface area contributed by atoms with Crippen molar-refractivity contribution in [3.63, 3.8) is 0 Å². The van der Waals surface area contributed by atoms with Crippen molar-refractivity contribution in [2.45, 2.75) is 38.8 Å². The van der Waals surface area contributed by atoms with E-state index in [1.807, 2.05) is 29.2 Å². The number of para-hydroxylation sites is 1. The van der Waals surface area contributed by atoms with E-state index in [0.717, 1.165) is 59.0 Å². The number of amides is 1. The van der Waals surface area contributed by atoms with Crippen molar-refractivity contribution in [2.24, 2.45) is 5.92 Å². The average molecular weight is 494 g/mol. The molecule has 2 aliphatic rings. The van der Waals surface area contributed by atoms with Gasteiger partial charge in [-0.05, 0) is 55.8 Å². The van der Waals surface area contributed by atoms with E-state index >= 15 is 0 Å². The molecule has 0 aliphatic carbocycles. The van der Waals surface area contributed by atoms with Crippen molar-refractivity contribution in [1.29, 1.82) is 0 Å². The van der Waals surface area contributed by atoms with E-state index < -0.39 is 0 Å². The molecule has 3 aromatic rings. The standard InChI is InChI=1S/C27H31N3O4S/c1-33-27(32)20-10-12-29(13-11-20)17-19-6-7-23-21(16-19)18-30(14-15-34-23)26(31)9-8-25-28-22-4-2-3-5-24(22)35-25/h2-7,16,20H,8-15,17-18H2,1H3. The molecule has 1 amide bonds. The number of aromatic nitrogens is 1. The molecule has 0 saturated carbocycles. The van der Waals surface area contributed by atoms with Gasteiger partial charge >= 0.3 is 5.97 Å². The van der Waals surface area contributed by atoms with E-state index in [4.69, 9.17) is 9.47 Å². The SMILES string of the molecule is COC(=O)C1CCN(Cc2ccc3c(c2)CN(C(=O)CCc2nc4ccccc4s2)CCO3)CC1. The fraction of sp³-hybridized carbons (Fsp3) is 0.444. The van der Waals surface area contributed by atoms with Crippen LogP contribution in [0.25, 0.3) is 10.2 Å². The molecular formula is C27H31N3O4S. The van der Waals surface area contributed by atoms with Gasteiger partial charge in [-0.2, -0.15) is 0 Å². The van der Waals surface area contributed by atoms with Gasteiger partial charge in [0, 0.05) is 31.5 Å². The van der Waals surface area contributed by atoms with Crippen LogP contribution in [0.15, 0.2) is 42.5 Å². The molecule has 35 heavy (non-hydrogen) atoms. The summed E-state index contributed by atoms with van der Waals surface area (Å²) in [5, 5.41) is 1.00. The number of methoxy groups -OCH3 is 1. The number of carbonyl (C=O) groups excluding carboxylic acids is 2. The molecular weight excluding hydrogens is 462 g/mol. The van der Waals surface area contributed by atoms with Crippen molar-refractivity contribution in [3.8, 4) is 5.75 Å². The van der Waals surface area contributed by atoms with Crippen molar-refractivity contribution in [1.82, 2.24) is 14.8 Å². The van der Waals surface area contributed by atoms with Gasteiger partial charge in [0.05, 0.1) is 34.8 Å². The number of hydrogen-bond acceptors (Lipinski definition) is 7. The molecule has 7 nitrogen and oxygen atoms in total. The lowest BCUT2D eigenvalue weighted by Gasteiger charge is -2.30. The molecule has 5 rings (SSSR count). The second-order valence-electron chi connectivity index (χ2n) is 9.25. The Morgan fingerprint density at radius 1 is 1.14 bits per heavy atom. The van der Waals surface area contributed by atoms with Crippen LogP contribution in [-0.4, -0.2) is 60.0 Å². The van der Waals surface area contributed by atoms with Crippen molar-refractivity contribution in [2.75, 3.05) is 33.4 Å². The number of rotatable bonds is 6. The lowest BCUT2D eigenvalue weighted by atomic mass is 9.96. The van der Waals surface area contributed by atoms with Crippen LogP contribution in [0.2, 0.25) is 0 Å². The van der Waals surface area contributed by atoms with E-state index in [1.54, 1.807) is 11.3 Å². The fourth-order valence-electron chi connectivity index (χ4n) is 4.91. The minimum absolute atomic E-state index is 0.0130. The smallest absolute Gasteiger partial charge is 0.308 e. The first-order valence-electron chi connectivity index (χ1n) is 12.3. The summed E-state index contributed by atoms with van der Waals surface area (Å²) < 4.78 is 12.0. The predicted molar refractivity (Wildman–Crippen MR) is 135 cm³/mol. The first-order chi connectivity index (χ1) is 17.1. The quantitative estimate of drug-likeness (QED) is 0.483. The molecule has 0 spiro atoms. The summed E-state index contributed by atoms with van der Waals surface area (Å²) in [7, 11) is 1.46. The van der Waals surface area contributed by atoms with Gasteiger partial charge in [-0.1, -0.05) is 18.2 Å². The van der Waals surface area contributed by atoms with Crippen LogP contribution < -0.4 is 4.74 Å². The number of benzene rings is 2. The first-order valence-corrected chi connectivity index (χ1v) is 13.1. The zero-order valence-electron chi connectivity index (χ0n) is 20.1. The van der Waals surface area contributed by atoms with Gasteiger partial charge in [-0.3, -0.25) is 14.5 Å². The highest BCUT2D eigenvalue weighted by molar-refractivity contribution is 7.18. The number of esters is 1. The lowest BCUT2D eigenvalue weighted by molar-refractivity contribution is -0.147. The molecule has 1 aromatic heterocycles. The molecule has 184 valence electrons. The predicted octanol–water partition coefficient (Wildman–Crippen LogP) is 4.04. The third-order valence-electron chi connectivity index (χ3n) is 6.88. The summed E-state index contributed by atoms with van der Waals surface area (Å²) in [5.74, 6) is 0.911. The zero-order chi connectivity index (χ0) is 24.2. The second-order valence-corrected chi connectivity index (χ2v) is 10.4. The summed E-state index contributed by atoms with van der Waals surface area (Å²) in [5.41, 5.74) is 3.25. The Hall–Kier alpha value is -2.97. The van der Waals surface area contributed by atoms with Gasteiger partial charge in [-0.25, -0.2) is 4.98 Å². The Morgan fingerprint density at radius 3 is 2.77 bits per heavy atom. The summed E-state index contributed by atoms with van der Waals surface area (Å²) >= 11 is 1.66. The highest BCUT2D eigenvalue weighted by atomic mass is 32.1. The Bertz CT molecular complexity index is 1170. The van der Waals surface area contributed by atoms with Crippen LogP contribution >= 0.6 is 11.3 Å². The number of ether oxygens (including phenoxy) is 2. The maximum absolute atomic E-state index is 13.1. The van der Waals surface area contributed by atoms with Gasteiger partial charge in [0.15, 0.2) is 0 Å². The molecule has 0 atom stereocenters. The van der Waals surface area contributed by atoms with E-state index in [0.29, 0.717) is 32.5 Å². The highest BCUT2D eigenvalue weighted by Crippen LogP contribution is 2.27. The van der Waals surface area contributed by atoms with Gasteiger partial charge in [-0.15, -0.1) is 11.3 Å². The van der Waals surface area contributed by atoms with Gasteiger partial charge < -0.3 is 14.4 Å². The van der Waals surface area contributed by atoms with E-state index in [1.165, 1.54) is 12.7 Å². The molecule has 0 N–H and O–H groups in total. The number of thiazole rings is 1. The van der Waals surface area contributed by atoms with E-state index in [2.05, 4.69) is 28.1 Å². The highest BCUT2D eigenvalue weighted by Gasteiger charge is 2.26. The number of hydrogen-bond donors (Lipinski definition) is 0. The number of likely N-dealkylation sites (tertiary alicyclic amines) is 1. The molecule has 2 aliphatic heterocycles. The van der Waals surface area contributed by atoms with Crippen molar-refractivity contribution in [3.05, 3.63) is 58.6 Å². The maximum atomic E-state index is 13.1. The van der Waals surface area contributed by atoms with Crippen molar-refractivity contribution >= 4 is 33.4 Å². The van der Waals surface area contributed by atoms with E-state index in [9.17, 15) is 9.59 Å². The summed E-state index contributed by atoms with van der Waals surface area (Å²) in [6.45, 7) is 4.23. The molecule has 0 bridgehead atoms.